The van der Waals surface area contributed by atoms with Crippen LogP contribution in [0.4, 0.5) is 4.79 Å². The monoisotopic (exact) mass is 304 g/mol. The predicted octanol–water partition coefficient (Wildman–Crippen LogP) is 1.96. The minimum atomic E-state index is -0.0389. The second-order valence-electron chi connectivity index (χ2n) is 3.69. The number of aliphatic hydroxyl groups excluding tert-OH is 1. The molecule has 2 heterocycles. The molecule has 1 aromatic rings. The van der Waals surface area contributed by atoms with Gasteiger partial charge in [-0.2, -0.15) is 0 Å². The Labute approximate surface area is 106 Å². The Kier molecular flexibility index (Phi) is 3.83. The third-order valence-electron chi connectivity index (χ3n) is 2.51. The summed E-state index contributed by atoms with van der Waals surface area (Å²) in [5, 5.41) is 13.7. The van der Waals surface area contributed by atoms with E-state index in [0.29, 0.717) is 19.5 Å². The predicted molar refractivity (Wildman–Crippen MR) is 66.6 cm³/mol. The van der Waals surface area contributed by atoms with E-state index in [9.17, 15) is 4.79 Å². The van der Waals surface area contributed by atoms with Crippen LogP contribution in [-0.2, 0) is 0 Å². The summed E-state index contributed by atoms with van der Waals surface area (Å²) in [6.07, 6.45) is 0.633. The Morgan fingerprint density at radius 3 is 3.12 bits per heavy atom. The van der Waals surface area contributed by atoms with Crippen molar-refractivity contribution in [2.24, 2.45) is 0 Å². The highest BCUT2D eigenvalue weighted by atomic mass is 79.9. The summed E-state index contributed by atoms with van der Waals surface area (Å²) in [5.74, 6) is 0. The van der Waals surface area contributed by atoms with E-state index in [1.165, 1.54) is 0 Å². The molecule has 0 spiro atoms. The normalized spacial score (nSPS) is 20.2. The molecule has 0 aromatic carbocycles. The maximum atomic E-state index is 11.6. The van der Waals surface area contributed by atoms with Gasteiger partial charge in [0.05, 0.1) is 6.04 Å². The summed E-state index contributed by atoms with van der Waals surface area (Å²) in [7, 11) is 0. The Morgan fingerprint density at radius 1 is 1.69 bits per heavy atom. The minimum absolute atomic E-state index is 0.0389. The van der Waals surface area contributed by atoms with Gasteiger partial charge in [-0.15, -0.1) is 11.3 Å². The van der Waals surface area contributed by atoms with E-state index >= 15 is 0 Å². The maximum Gasteiger partial charge on any atom is 0.318 e. The van der Waals surface area contributed by atoms with Crippen LogP contribution in [0.15, 0.2) is 15.9 Å². The number of carbonyl (C=O) groups excluding carboxylic acids is 1. The van der Waals surface area contributed by atoms with E-state index in [1.54, 1.807) is 16.2 Å². The summed E-state index contributed by atoms with van der Waals surface area (Å²) in [5.41, 5.74) is 0. The average molecular weight is 305 g/mol. The van der Waals surface area contributed by atoms with Gasteiger partial charge >= 0.3 is 6.03 Å². The largest absolute Gasteiger partial charge is 0.396 e. The van der Waals surface area contributed by atoms with Gasteiger partial charge in [-0.1, -0.05) is 0 Å². The summed E-state index contributed by atoms with van der Waals surface area (Å²) >= 11 is 5.04. The number of carbonyl (C=O) groups is 1. The first-order valence-electron chi connectivity index (χ1n) is 5.11. The Morgan fingerprint density at radius 2 is 2.50 bits per heavy atom. The van der Waals surface area contributed by atoms with Gasteiger partial charge < -0.3 is 15.3 Å². The molecule has 0 aliphatic carbocycles. The maximum absolute atomic E-state index is 11.6. The quantitative estimate of drug-likeness (QED) is 0.893. The molecular weight excluding hydrogens is 292 g/mol. The van der Waals surface area contributed by atoms with Crippen molar-refractivity contribution in [1.82, 2.24) is 10.2 Å². The lowest BCUT2D eigenvalue weighted by Gasteiger charge is -2.12. The van der Waals surface area contributed by atoms with Crippen LogP contribution in [0, 0.1) is 0 Å². The number of thiophene rings is 1. The molecule has 0 radical (unpaired) electrons. The van der Waals surface area contributed by atoms with Crippen LogP contribution >= 0.6 is 27.3 Å². The molecule has 2 amide bonds. The molecule has 2 rings (SSSR count). The molecule has 0 saturated carbocycles. The SMILES string of the molecule is O=C1NC(c2cc(Br)cs2)CN1CCCO. The number of aliphatic hydroxyl groups is 1. The highest BCUT2D eigenvalue weighted by Crippen LogP contribution is 2.28. The molecular formula is C10H13BrN2O2S. The molecule has 1 fully saturated rings. The third-order valence-corrected chi connectivity index (χ3v) is 4.31. The molecule has 16 heavy (non-hydrogen) atoms. The number of urea groups is 1. The van der Waals surface area contributed by atoms with Crippen molar-refractivity contribution in [2.45, 2.75) is 12.5 Å². The number of hydrogen-bond donors (Lipinski definition) is 2. The van der Waals surface area contributed by atoms with E-state index in [1.807, 2.05) is 11.4 Å². The lowest BCUT2D eigenvalue weighted by atomic mass is 10.2. The number of halogens is 1. The second-order valence-corrected chi connectivity index (χ2v) is 5.55. The van der Waals surface area contributed by atoms with E-state index < -0.39 is 0 Å². The van der Waals surface area contributed by atoms with Gasteiger partial charge in [-0.25, -0.2) is 4.79 Å². The van der Waals surface area contributed by atoms with Crippen molar-refractivity contribution in [2.75, 3.05) is 19.7 Å². The van der Waals surface area contributed by atoms with E-state index in [2.05, 4.69) is 21.2 Å². The van der Waals surface area contributed by atoms with E-state index in [-0.39, 0.29) is 18.7 Å². The second kappa shape index (κ2) is 5.16. The zero-order valence-corrected chi connectivity index (χ0v) is 11.1. The molecule has 0 bridgehead atoms. The van der Waals surface area contributed by atoms with Gasteiger partial charge in [0.15, 0.2) is 0 Å². The van der Waals surface area contributed by atoms with Crippen molar-refractivity contribution in [3.05, 3.63) is 20.8 Å². The molecule has 1 atom stereocenters. The smallest absolute Gasteiger partial charge is 0.318 e. The molecule has 6 heteroatoms. The van der Waals surface area contributed by atoms with Crippen molar-refractivity contribution in [1.29, 1.82) is 0 Å². The van der Waals surface area contributed by atoms with Gasteiger partial charge in [0.2, 0.25) is 0 Å². The Hall–Kier alpha value is -0.590. The van der Waals surface area contributed by atoms with Crippen molar-refractivity contribution in [3.8, 4) is 0 Å². The van der Waals surface area contributed by atoms with Gasteiger partial charge in [-0.3, -0.25) is 0 Å². The first-order valence-corrected chi connectivity index (χ1v) is 6.78. The number of nitrogens with one attached hydrogen (secondary N) is 1. The molecule has 4 nitrogen and oxygen atoms in total. The van der Waals surface area contributed by atoms with Crippen LogP contribution in [0.2, 0.25) is 0 Å². The topological polar surface area (TPSA) is 52.6 Å². The third kappa shape index (κ3) is 2.56. The number of rotatable bonds is 4. The summed E-state index contributed by atoms with van der Waals surface area (Å²) in [6.45, 7) is 1.43. The fourth-order valence-corrected chi connectivity index (χ4v) is 3.20. The van der Waals surface area contributed by atoms with Crippen LogP contribution in [0.25, 0.3) is 0 Å². The average Bonchev–Trinajstić information content (AvgIpc) is 2.82. The number of nitrogens with zero attached hydrogens (tertiary/aromatic N) is 1. The molecule has 1 unspecified atom stereocenters. The molecule has 2 N–H and O–H groups in total. The van der Waals surface area contributed by atoms with Crippen molar-refractivity contribution < 1.29 is 9.90 Å². The molecule has 88 valence electrons. The van der Waals surface area contributed by atoms with Crippen LogP contribution in [0.1, 0.15) is 17.3 Å². The van der Waals surface area contributed by atoms with Crippen molar-refractivity contribution in [3.63, 3.8) is 0 Å². The van der Waals surface area contributed by atoms with Crippen LogP contribution in [-0.4, -0.2) is 35.7 Å². The standard InChI is InChI=1S/C10H13BrN2O2S/c11-7-4-9(16-6-7)8-5-13(2-1-3-14)10(15)12-8/h4,6,8,14H,1-3,5H2,(H,12,15). The molecule has 1 aliphatic heterocycles. The van der Waals surface area contributed by atoms with Gasteiger partial charge in [0, 0.05) is 34.4 Å². The fourth-order valence-electron chi connectivity index (χ4n) is 1.72. The zero-order valence-electron chi connectivity index (χ0n) is 8.65. The van der Waals surface area contributed by atoms with Gasteiger partial charge in [0.1, 0.15) is 0 Å². The number of amides is 2. The first-order chi connectivity index (χ1) is 7.70. The minimum Gasteiger partial charge on any atom is -0.396 e. The van der Waals surface area contributed by atoms with Crippen LogP contribution in [0.5, 0.6) is 0 Å². The van der Waals surface area contributed by atoms with E-state index in [0.717, 1.165) is 9.35 Å². The summed E-state index contributed by atoms with van der Waals surface area (Å²) in [4.78, 5) is 14.5. The number of hydrogen-bond acceptors (Lipinski definition) is 3. The highest BCUT2D eigenvalue weighted by Gasteiger charge is 2.29. The van der Waals surface area contributed by atoms with Crippen LogP contribution in [0.3, 0.4) is 0 Å². The molecule has 1 saturated heterocycles. The molecule has 1 aliphatic rings. The van der Waals surface area contributed by atoms with Gasteiger partial charge in [0.25, 0.3) is 0 Å². The summed E-state index contributed by atoms with van der Waals surface area (Å²) in [6, 6.07) is 2.08. The highest BCUT2D eigenvalue weighted by molar-refractivity contribution is 9.10. The summed E-state index contributed by atoms with van der Waals surface area (Å²) < 4.78 is 1.05. The zero-order chi connectivity index (χ0) is 11.5. The van der Waals surface area contributed by atoms with E-state index in [4.69, 9.17) is 5.11 Å². The molecule has 1 aromatic heterocycles. The lowest BCUT2D eigenvalue weighted by molar-refractivity contribution is 0.209. The fraction of sp³-hybridized carbons (Fsp3) is 0.500. The van der Waals surface area contributed by atoms with Crippen molar-refractivity contribution >= 4 is 33.3 Å². The van der Waals surface area contributed by atoms with Crippen LogP contribution < -0.4 is 5.32 Å². The van der Waals surface area contributed by atoms with Gasteiger partial charge in [-0.05, 0) is 28.4 Å². The lowest BCUT2D eigenvalue weighted by Crippen LogP contribution is -2.29. The Balaban J connectivity index is 1.98. The first kappa shape index (κ1) is 11.9. The Bertz CT molecular complexity index is 383.